The van der Waals surface area contributed by atoms with Gasteiger partial charge in [0.15, 0.2) is 5.76 Å². The third kappa shape index (κ3) is 2.51. The molecule has 0 aliphatic rings. The summed E-state index contributed by atoms with van der Waals surface area (Å²) in [5, 5.41) is 9.81. The lowest BCUT2D eigenvalue weighted by Crippen LogP contribution is -1.98. The van der Waals surface area contributed by atoms with E-state index in [1.54, 1.807) is 12.1 Å². The summed E-state index contributed by atoms with van der Waals surface area (Å²) >= 11 is 5.98. The van der Waals surface area contributed by atoms with Crippen molar-refractivity contribution in [1.82, 2.24) is 9.97 Å². The van der Waals surface area contributed by atoms with Gasteiger partial charge in [0, 0.05) is 5.56 Å². The van der Waals surface area contributed by atoms with Gasteiger partial charge >= 0.3 is 0 Å². The number of anilines is 1. The molecular formula is C16H14ClN3O2. The van der Waals surface area contributed by atoms with E-state index in [0.717, 1.165) is 16.9 Å². The molecule has 6 heteroatoms. The van der Waals surface area contributed by atoms with Crippen LogP contribution in [0.5, 0.6) is 5.75 Å². The van der Waals surface area contributed by atoms with Crippen molar-refractivity contribution in [2.45, 2.75) is 13.8 Å². The van der Waals surface area contributed by atoms with Crippen LogP contribution in [-0.2, 0) is 0 Å². The van der Waals surface area contributed by atoms with Gasteiger partial charge in [-0.1, -0.05) is 11.6 Å². The monoisotopic (exact) mass is 315 g/mol. The van der Waals surface area contributed by atoms with Gasteiger partial charge in [-0.05, 0) is 43.7 Å². The molecule has 0 bridgehead atoms. The van der Waals surface area contributed by atoms with E-state index < -0.39 is 0 Å². The van der Waals surface area contributed by atoms with E-state index in [1.807, 2.05) is 19.9 Å². The first-order valence-corrected chi connectivity index (χ1v) is 7.02. The Morgan fingerprint density at radius 1 is 1.18 bits per heavy atom. The van der Waals surface area contributed by atoms with Gasteiger partial charge in [-0.2, -0.15) is 0 Å². The van der Waals surface area contributed by atoms with Crippen molar-refractivity contribution in [3.8, 4) is 28.5 Å². The predicted octanol–water partition coefficient (Wildman–Crippen LogP) is 3.96. The van der Waals surface area contributed by atoms with E-state index in [9.17, 15) is 5.11 Å². The van der Waals surface area contributed by atoms with E-state index in [1.165, 1.54) is 12.3 Å². The molecule has 2 aromatic heterocycles. The Balaban J connectivity index is 2.24. The van der Waals surface area contributed by atoms with Crippen molar-refractivity contribution in [1.29, 1.82) is 0 Å². The third-order valence-corrected chi connectivity index (χ3v) is 3.57. The Morgan fingerprint density at radius 3 is 2.59 bits per heavy atom. The molecule has 3 N–H and O–H groups in total. The molecule has 0 radical (unpaired) electrons. The van der Waals surface area contributed by atoms with E-state index in [-0.39, 0.29) is 10.8 Å². The van der Waals surface area contributed by atoms with Gasteiger partial charge in [0.2, 0.25) is 0 Å². The smallest absolute Gasteiger partial charge is 0.157 e. The highest BCUT2D eigenvalue weighted by atomic mass is 35.5. The quantitative estimate of drug-likeness (QED) is 0.747. The fourth-order valence-corrected chi connectivity index (χ4v) is 2.48. The highest BCUT2D eigenvalue weighted by molar-refractivity contribution is 6.32. The molecule has 22 heavy (non-hydrogen) atoms. The number of halogens is 1. The first-order valence-electron chi connectivity index (χ1n) is 6.64. The van der Waals surface area contributed by atoms with Crippen molar-refractivity contribution in [2.75, 3.05) is 5.73 Å². The number of rotatable bonds is 2. The van der Waals surface area contributed by atoms with Crippen LogP contribution in [0.25, 0.3) is 22.7 Å². The van der Waals surface area contributed by atoms with Crippen LogP contribution < -0.4 is 5.73 Å². The van der Waals surface area contributed by atoms with Crippen LogP contribution in [0.15, 0.2) is 34.9 Å². The van der Waals surface area contributed by atoms with Crippen LogP contribution in [0.3, 0.4) is 0 Å². The molecule has 112 valence electrons. The molecule has 0 aliphatic heterocycles. The Bertz CT molecular complexity index is 859. The lowest BCUT2D eigenvalue weighted by atomic mass is 10.1. The molecule has 0 spiro atoms. The van der Waals surface area contributed by atoms with E-state index in [2.05, 4.69) is 9.97 Å². The Morgan fingerprint density at radius 2 is 1.95 bits per heavy atom. The number of furan rings is 1. The molecule has 3 aromatic rings. The second-order valence-corrected chi connectivity index (χ2v) is 5.43. The minimum absolute atomic E-state index is 0.0143. The van der Waals surface area contributed by atoms with Gasteiger partial charge < -0.3 is 15.3 Å². The van der Waals surface area contributed by atoms with Gasteiger partial charge in [-0.3, -0.25) is 0 Å². The van der Waals surface area contributed by atoms with Crippen molar-refractivity contribution in [3.05, 3.63) is 46.8 Å². The molecular weight excluding hydrogens is 302 g/mol. The minimum Gasteiger partial charge on any atom is -0.506 e. The summed E-state index contributed by atoms with van der Waals surface area (Å²) in [6.07, 6.45) is 1.48. The lowest BCUT2D eigenvalue weighted by molar-refractivity contribution is 0.475. The Hall–Kier alpha value is -2.53. The van der Waals surface area contributed by atoms with Crippen molar-refractivity contribution < 1.29 is 9.52 Å². The number of nitrogen functional groups attached to an aromatic ring is 1. The van der Waals surface area contributed by atoms with Crippen molar-refractivity contribution >= 4 is 17.4 Å². The summed E-state index contributed by atoms with van der Waals surface area (Å²) in [5.41, 5.74) is 8.58. The van der Waals surface area contributed by atoms with E-state index in [0.29, 0.717) is 23.0 Å². The SMILES string of the molecule is Cc1cc(C)c(-c2nc(N)cnc2-c2ccc(O)c(Cl)c2)o1. The molecule has 0 atom stereocenters. The fourth-order valence-electron chi connectivity index (χ4n) is 2.30. The maximum atomic E-state index is 9.56. The number of nitrogens with zero attached hydrogens (tertiary/aromatic N) is 2. The van der Waals surface area contributed by atoms with Gasteiger partial charge in [0.05, 0.1) is 16.9 Å². The number of hydrogen-bond acceptors (Lipinski definition) is 5. The average Bonchev–Trinajstić information content (AvgIpc) is 2.81. The molecule has 0 saturated carbocycles. The lowest BCUT2D eigenvalue weighted by Gasteiger charge is -2.09. The van der Waals surface area contributed by atoms with Gasteiger partial charge in [-0.15, -0.1) is 0 Å². The summed E-state index contributed by atoms with van der Waals surface area (Å²) in [7, 11) is 0. The van der Waals surface area contributed by atoms with E-state index >= 15 is 0 Å². The second kappa shape index (κ2) is 5.35. The summed E-state index contributed by atoms with van der Waals surface area (Å²) < 4.78 is 5.73. The van der Waals surface area contributed by atoms with Gasteiger partial charge in [0.25, 0.3) is 0 Å². The average molecular weight is 316 g/mol. The zero-order chi connectivity index (χ0) is 15.9. The molecule has 2 heterocycles. The number of nitrogens with two attached hydrogens (primary N) is 1. The molecule has 0 unspecified atom stereocenters. The Labute approximate surface area is 132 Å². The normalized spacial score (nSPS) is 10.9. The maximum absolute atomic E-state index is 9.56. The molecule has 0 aliphatic carbocycles. The number of hydrogen-bond donors (Lipinski definition) is 2. The highest BCUT2D eigenvalue weighted by Crippen LogP contribution is 2.35. The summed E-state index contributed by atoms with van der Waals surface area (Å²) in [6.45, 7) is 3.80. The van der Waals surface area contributed by atoms with Gasteiger partial charge in [-0.25, -0.2) is 9.97 Å². The predicted molar refractivity (Wildman–Crippen MR) is 85.7 cm³/mol. The standard InChI is InChI=1S/C16H14ClN3O2/c1-8-5-9(2)22-16(8)15-14(19-7-13(18)20-15)10-3-4-12(21)11(17)6-10/h3-7,21H,1-2H3,(H2,18,20). The fraction of sp³-hybridized carbons (Fsp3) is 0.125. The number of aromatic nitrogens is 2. The van der Waals surface area contributed by atoms with Crippen LogP contribution in [0, 0.1) is 13.8 Å². The molecule has 0 amide bonds. The molecule has 3 rings (SSSR count). The first kappa shape index (κ1) is 14.4. The minimum atomic E-state index is 0.0143. The van der Waals surface area contributed by atoms with Crippen LogP contribution in [0.4, 0.5) is 5.82 Å². The van der Waals surface area contributed by atoms with Crippen LogP contribution in [0.1, 0.15) is 11.3 Å². The summed E-state index contributed by atoms with van der Waals surface area (Å²) in [5.74, 6) is 1.72. The zero-order valence-electron chi connectivity index (χ0n) is 12.1. The topological polar surface area (TPSA) is 85.2 Å². The Kier molecular flexibility index (Phi) is 3.50. The van der Waals surface area contributed by atoms with Crippen molar-refractivity contribution in [3.63, 3.8) is 0 Å². The summed E-state index contributed by atoms with van der Waals surface area (Å²) in [6, 6.07) is 6.79. The first-order chi connectivity index (χ1) is 10.5. The number of phenols is 1. The summed E-state index contributed by atoms with van der Waals surface area (Å²) in [4.78, 5) is 8.72. The number of aromatic hydroxyl groups is 1. The van der Waals surface area contributed by atoms with Crippen molar-refractivity contribution in [2.24, 2.45) is 0 Å². The zero-order valence-corrected chi connectivity index (χ0v) is 12.8. The van der Waals surface area contributed by atoms with Gasteiger partial charge in [0.1, 0.15) is 23.0 Å². The number of benzene rings is 1. The van der Waals surface area contributed by atoms with Crippen LogP contribution >= 0.6 is 11.6 Å². The largest absolute Gasteiger partial charge is 0.506 e. The highest BCUT2D eigenvalue weighted by Gasteiger charge is 2.18. The third-order valence-electron chi connectivity index (χ3n) is 3.27. The van der Waals surface area contributed by atoms with Crippen LogP contribution in [-0.4, -0.2) is 15.1 Å². The van der Waals surface area contributed by atoms with Crippen LogP contribution in [0.2, 0.25) is 5.02 Å². The maximum Gasteiger partial charge on any atom is 0.157 e. The number of phenolic OH excluding ortho intramolecular Hbond substituents is 1. The molecule has 5 nitrogen and oxygen atoms in total. The molecule has 0 saturated heterocycles. The van der Waals surface area contributed by atoms with E-state index in [4.69, 9.17) is 21.8 Å². The molecule has 0 fully saturated rings. The molecule has 1 aromatic carbocycles. The second-order valence-electron chi connectivity index (χ2n) is 5.03. The number of aryl methyl sites for hydroxylation is 2.